The number of hydrogen-bond donors (Lipinski definition) is 2. The molecule has 4 rings (SSSR count). The van der Waals surface area contributed by atoms with Crippen LogP contribution in [-0.2, 0) is 23.1 Å². The third-order valence-electron chi connectivity index (χ3n) is 7.26. The summed E-state index contributed by atoms with van der Waals surface area (Å²) in [4.78, 5) is 51.0. The van der Waals surface area contributed by atoms with Crippen molar-refractivity contribution in [2.75, 3.05) is 17.7 Å². The first-order valence-corrected chi connectivity index (χ1v) is 12.4. The second-order valence-electron chi connectivity index (χ2n) is 9.58. The number of benzene rings is 1. The van der Waals surface area contributed by atoms with Gasteiger partial charge in [-0.15, -0.1) is 0 Å². The number of pyridine rings is 1. The van der Waals surface area contributed by atoms with Gasteiger partial charge in [-0.25, -0.2) is 19.2 Å². The molecule has 3 atom stereocenters. The highest BCUT2D eigenvalue weighted by Gasteiger charge is 2.55. The number of imide groups is 1. The maximum absolute atomic E-state index is 14.0. The fourth-order valence-electron chi connectivity index (χ4n) is 4.91. The largest absolute Gasteiger partial charge is 0.384 e. The third-order valence-corrected chi connectivity index (χ3v) is 7.26. The molecule has 2 aromatic heterocycles. The topological polar surface area (TPSA) is 126 Å². The summed E-state index contributed by atoms with van der Waals surface area (Å²) in [6.07, 6.45) is 5.52. The Bertz CT molecular complexity index is 1390. The molecule has 3 N–H and O–H groups in total. The van der Waals surface area contributed by atoms with Crippen LogP contribution in [0.15, 0.2) is 42.9 Å². The lowest BCUT2D eigenvalue weighted by Gasteiger charge is -2.45. The number of likely N-dealkylation sites (tertiary alicyclic amines) is 1. The molecule has 1 saturated heterocycles. The zero-order valence-corrected chi connectivity index (χ0v) is 22.1. The first-order valence-electron chi connectivity index (χ1n) is 12.4. The van der Waals surface area contributed by atoms with E-state index in [2.05, 4.69) is 15.3 Å². The summed E-state index contributed by atoms with van der Waals surface area (Å²) >= 11 is 0. The maximum Gasteiger partial charge on any atom is 0.325 e. The smallest absolute Gasteiger partial charge is 0.325 e. The number of aromatic nitrogens is 3. The molecular formula is C27H32FN7O3. The van der Waals surface area contributed by atoms with Crippen LogP contribution in [0.1, 0.15) is 41.6 Å². The molecule has 0 bridgehead atoms. The van der Waals surface area contributed by atoms with Crippen LogP contribution in [-0.4, -0.2) is 50.4 Å². The minimum atomic E-state index is -1.05. The fraction of sp³-hybridized carbons (Fsp3) is 0.370. The molecule has 11 heteroatoms. The number of nitrogen functional groups attached to an aromatic ring is 1. The van der Waals surface area contributed by atoms with Crippen LogP contribution < -0.4 is 16.0 Å². The zero-order valence-electron chi connectivity index (χ0n) is 22.1. The lowest BCUT2D eigenvalue weighted by molar-refractivity contribution is -0.156. The number of anilines is 2. The van der Waals surface area contributed by atoms with Gasteiger partial charge in [0, 0.05) is 32.7 Å². The minimum Gasteiger partial charge on any atom is -0.384 e. The first kappa shape index (κ1) is 26.8. The monoisotopic (exact) mass is 521 g/mol. The van der Waals surface area contributed by atoms with Gasteiger partial charge in [0.25, 0.3) is 5.91 Å². The number of carbonyl (C=O) groups excluding carboxylic acids is 3. The van der Waals surface area contributed by atoms with Gasteiger partial charge in [-0.2, -0.15) is 0 Å². The molecule has 3 aromatic rings. The van der Waals surface area contributed by atoms with Gasteiger partial charge in [0.05, 0.1) is 12.0 Å². The molecule has 1 aliphatic heterocycles. The molecule has 4 amide bonds. The summed E-state index contributed by atoms with van der Waals surface area (Å²) in [7, 11) is 3.31. The van der Waals surface area contributed by atoms with E-state index in [9.17, 15) is 18.8 Å². The lowest BCUT2D eigenvalue weighted by atomic mass is 9.81. The Morgan fingerprint density at radius 3 is 2.55 bits per heavy atom. The van der Waals surface area contributed by atoms with Crippen LogP contribution in [0.4, 0.5) is 21.0 Å². The number of nitrogens with two attached hydrogens (primary N) is 1. The standard InChI is InChI=1S/C27H32FN7O3/c1-6-21(18-7-8-20(28)16(3)15(18)2)32-27(38)35-23(25(37)34(5)26-31-11-12-33(26)4)19(24(35)36)13-17-9-10-30-22(29)14-17/h7-12,14,19,21,23H,6,13H2,1-5H3,(H2,29,30)(H,32,38)/t19-,21?,23+/m1/s1. The number of β-lactam (4-membered cyclic amide) rings is 1. The van der Waals surface area contributed by atoms with Gasteiger partial charge in [-0.3, -0.25) is 19.4 Å². The number of rotatable bonds is 7. The van der Waals surface area contributed by atoms with Crippen molar-refractivity contribution in [3.8, 4) is 0 Å². The number of halogens is 1. The zero-order chi connectivity index (χ0) is 27.7. The highest BCUT2D eigenvalue weighted by Crippen LogP contribution is 2.34. The Morgan fingerprint density at radius 2 is 1.92 bits per heavy atom. The molecule has 38 heavy (non-hydrogen) atoms. The molecule has 0 saturated carbocycles. The predicted octanol–water partition coefficient (Wildman–Crippen LogP) is 3.05. The summed E-state index contributed by atoms with van der Waals surface area (Å²) in [6.45, 7) is 5.36. The third kappa shape index (κ3) is 4.83. The predicted molar refractivity (Wildman–Crippen MR) is 141 cm³/mol. The van der Waals surface area contributed by atoms with Crippen molar-refractivity contribution in [2.24, 2.45) is 13.0 Å². The summed E-state index contributed by atoms with van der Waals surface area (Å²) in [5, 5.41) is 2.89. The number of urea groups is 1. The van der Waals surface area contributed by atoms with E-state index < -0.39 is 35.8 Å². The Morgan fingerprint density at radius 1 is 1.18 bits per heavy atom. The summed E-state index contributed by atoms with van der Waals surface area (Å²) in [5.74, 6) is -1.33. The number of carbonyl (C=O) groups is 3. The number of likely N-dealkylation sites (N-methyl/N-ethyl adjacent to an activating group) is 1. The fourth-order valence-corrected chi connectivity index (χ4v) is 4.91. The average molecular weight is 522 g/mol. The van der Waals surface area contributed by atoms with Crippen molar-refractivity contribution < 1.29 is 18.8 Å². The molecule has 0 radical (unpaired) electrons. The summed E-state index contributed by atoms with van der Waals surface area (Å²) < 4.78 is 15.7. The SMILES string of the molecule is CCC(NC(=O)N1C(=O)[C@H](Cc2ccnc(N)c2)[C@H]1C(=O)N(C)c1nccn1C)c1ccc(F)c(C)c1C. The van der Waals surface area contributed by atoms with Crippen molar-refractivity contribution in [3.05, 3.63) is 70.9 Å². The van der Waals surface area contributed by atoms with Crippen LogP contribution in [0.3, 0.4) is 0 Å². The van der Waals surface area contributed by atoms with Gasteiger partial charge < -0.3 is 15.6 Å². The van der Waals surface area contributed by atoms with Gasteiger partial charge in [-0.1, -0.05) is 13.0 Å². The number of amides is 4. The van der Waals surface area contributed by atoms with Crippen molar-refractivity contribution in [1.29, 1.82) is 0 Å². The van der Waals surface area contributed by atoms with E-state index in [4.69, 9.17) is 5.73 Å². The van der Waals surface area contributed by atoms with Crippen molar-refractivity contribution in [1.82, 2.24) is 24.8 Å². The number of aryl methyl sites for hydroxylation is 1. The second kappa shape index (κ2) is 10.6. The van der Waals surface area contributed by atoms with Crippen molar-refractivity contribution in [3.63, 3.8) is 0 Å². The van der Waals surface area contributed by atoms with Crippen LogP contribution >= 0.6 is 0 Å². The van der Waals surface area contributed by atoms with E-state index in [1.165, 1.54) is 17.2 Å². The molecule has 10 nitrogen and oxygen atoms in total. The van der Waals surface area contributed by atoms with E-state index in [1.807, 2.05) is 6.92 Å². The molecule has 0 aliphatic carbocycles. The Hall–Kier alpha value is -4.28. The second-order valence-corrected chi connectivity index (χ2v) is 9.58. The van der Waals surface area contributed by atoms with E-state index in [-0.39, 0.29) is 12.2 Å². The molecule has 1 fully saturated rings. The van der Waals surface area contributed by atoms with Gasteiger partial charge in [0.15, 0.2) is 0 Å². The van der Waals surface area contributed by atoms with E-state index >= 15 is 0 Å². The highest BCUT2D eigenvalue weighted by atomic mass is 19.1. The molecular weight excluding hydrogens is 489 g/mol. The number of nitrogens with zero attached hydrogens (tertiary/aromatic N) is 5. The van der Waals surface area contributed by atoms with Gasteiger partial charge in [-0.05, 0) is 67.1 Å². The molecule has 1 unspecified atom stereocenters. The Labute approximate surface area is 220 Å². The minimum absolute atomic E-state index is 0.216. The Kier molecular flexibility index (Phi) is 7.47. The quantitative estimate of drug-likeness (QED) is 0.460. The summed E-state index contributed by atoms with van der Waals surface area (Å²) in [5.41, 5.74) is 8.51. The number of imidazole rings is 1. The first-order chi connectivity index (χ1) is 18.0. The molecule has 1 aromatic carbocycles. The van der Waals surface area contributed by atoms with Crippen LogP contribution in [0.25, 0.3) is 0 Å². The maximum atomic E-state index is 14.0. The van der Waals surface area contributed by atoms with Crippen LogP contribution in [0.2, 0.25) is 0 Å². The molecule has 3 heterocycles. The van der Waals surface area contributed by atoms with Crippen LogP contribution in [0.5, 0.6) is 0 Å². The molecule has 200 valence electrons. The number of hydrogen-bond acceptors (Lipinski definition) is 6. The Balaban J connectivity index is 1.63. The summed E-state index contributed by atoms with van der Waals surface area (Å²) in [6, 6.07) is 4.17. The molecule has 0 spiro atoms. The van der Waals surface area contributed by atoms with E-state index in [1.54, 1.807) is 63.1 Å². The normalized spacial score (nSPS) is 17.6. The van der Waals surface area contributed by atoms with Gasteiger partial charge >= 0.3 is 6.03 Å². The van der Waals surface area contributed by atoms with E-state index in [0.29, 0.717) is 23.8 Å². The van der Waals surface area contributed by atoms with Crippen molar-refractivity contribution >= 4 is 29.6 Å². The molecule has 1 aliphatic rings. The van der Waals surface area contributed by atoms with E-state index in [0.717, 1.165) is 21.6 Å². The lowest BCUT2D eigenvalue weighted by Crippen LogP contribution is -2.70. The van der Waals surface area contributed by atoms with Crippen molar-refractivity contribution in [2.45, 2.75) is 45.7 Å². The highest BCUT2D eigenvalue weighted by molar-refractivity contribution is 6.12. The van der Waals surface area contributed by atoms with Crippen LogP contribution in [0, 0.1) is 25.6 Å². The average Bonchev–Trinajstić information content (AvgIpc) is 3.32. The van der Waals surface area contributed by atoms with Gasteiger partial charge in [0.2, 0.25) is 11.9 Å². The number of nitrogens with one attached hydrogen (secondary N) is 1. The van der Waals surface area contributed by atoms with Gasteiger partial charge in [0.1, 0.15) is 17.7 Å².